The van der Waals surface area contributed by atoms with E-state index in [1.165, 1.54) is 50.5 Å². The molecule has 4 rings (SSSR count). The lowest BCUT2D eigenvalue weighted by molar-refractivity contribution is -0.519. The lowest BCUT2D eigenvalue weighted by atomic mass is 9.94. The Morgan fingerprint density at radius 1 is 0.647 bits per heavy atom. The predicted octanol–water partition coefficient (Wildman–Crippen LogP) is 6.64. The molecular weight excluding hydrogens is 414 g/mol. The van der Waals surface area contributed by atoms with Crippen molar-refractivity contribution in [1.29, 1.82) is 0 Å². The summed E-state index contributed by atoms with van der Waals surface area (Å²) >= 11 is 0. The average Bonchev–Trinajstić information content (AvgIpc) is 3.20. The second kappa shape index (κ2) is 10.5. The van der Waals surface area contributed by atoms with Crippen LogP contribution in [0.3, 0.4) is 0 Å². The van der Waals surface area contributed by atoms with Crippen molar-refractivity contribution in [3.05, 3.63) is 83.0 Å². The lowest BCUT2D eigenvalue weighted by Gasteiger charge is -2.22. The molecule has 0 unspecified atom stereocenters. The van der Waals surface area contributed by atoms with Crippen LogP contribution in [0.25, 0.3) is 11.1 Å². The van der Waals surface area contributed by atoms with Crippen LogP contribution < -0.4 is 9.80 Å². The monoisotopic (exact) mass is 454 g/mol. The molecule has 178 valence electrons. The van der Waals surface area contributed by atoms with Gasteiger partial charge in [-0.25, -0.2) is 4.58 Å². The van der Waals surface area contributed by atoms with Crippen molar-refractivity contribution < 1.29 is 4.58 Å². The molecule has 0 saturated carbocycles. The minimum absolute atomic E-state index is 1.02. The van der Waals surface area contributed by atoms with Gasteiger partial charge in [0, 0.05) is 49.7 Å². The Hall–Kier alpha value is -3.07. The molecule has 2 aliphatic carbocycles. The molecule has 0 atom stereocenters. The van der Waals surface area contributed by atoms with Crippen molar-refractivity contribution in [2.24, 2.45) is 0 Å². The van der Waals surface area contributed by atoms with Gasteiger partial charge in [0.25, 0.3) is 0 Å². The van der Waals surface area contributed by atoms with E-state index in [1.54, 1.807) is 0 Å². The summed E-state index contributed by atoms with van der Waals surface area (Å²) in [6, 6.07) is 16.2. The topological polar surface area (TPSA) is 9.49 Å². The first kappa shape index (κ1) is 24.1. The van der Waals surface area contributed by atoms with E-state index in [4.69, 9.17) is 0 Å². The van der Waals surface area contributed by atoms with Crippen molar-refractivity contribution in [1.82, 2.24) is 0 Å². The van der Waals surface area contributed by atoms with Gasteiger partial charge in [0.05, 0.1) is 0 Å². The van der Waals surface area contributed by atoms with E-state index in [1.807, 2.05) is 0 Å². The molecule has 0 spiro atoms. The Labute approximate surface area is 206 Å². The van der Waals surface area contributed by atoms with Crippen LogP contribution in [0.1, 0.15) is 58.2 Å². The maximum atomic E-state index is 2.44. The molecule has 3 nitrogen and oxygen atoms in total. The maximum Gasteiger partial charge on any atom is 0.200 e. The molecule has 2 aromatic rings. The summed E-state index contributed by atoms with van der Waals surface area (Å²) in [6.07, 6.45) is 7.05. The van der Waals surface area contributed by atoms with Crippen molar-refractivity contribution in [3.8, 4) is 0 Å². The van der Waals surface area contributed by atoms with E-state index in [-0.39, 0.29) is 0 Å². The van der Waals surface area contributed by atoms with Crippen LogP contribution in [-0.2, 0) is 0 Å². The van der Waals surface area contributed by atoms with Crippen molar-refractivity contribution in [3.63, 3.8) is 0 Å². The minimum atomic E-state index is 1.02. The zero-order chi connectivity index (χ0) is 24.2. The fraction of sp³-hybridized carbons (Fsp3) is 0.387. The number of hydrogen-bond donors (Lipinski definition) is 0. The molecule has 3 heteroatoms. The maximum absolute atomic E-state index is 2.44. The SMILES string of the molecule is CCN(CC)c1ccc(C2=C3C=CC(=[N+](CC)CC)C=C3c3cc(N(CC)CC)ccc32)cc1. The second-order valence-corrected chi connectivity index (χ2v) is 8.90. The molecule has 2 aromatic carbocycles. The van der Waals surface area contributed by atoms with Gasteiger partial charge in [-0.1, -0.05) is 18.2 Å². The summed E-state index contributed by atoms with van der Waals surface area (Å²) in [4.78, 5) is 4.84. The summed E-state index contributed by atoms with van der Waals surface area (Å²) in [5.41, 5.74) is 12.0. The molecule has 34 heavy (non-hydrogen) atoms. The van der Waals surface area contributed by atoms with E-state index >= 15 is 0 Å². The molecule has 0 bridgehead atoms. The van der Waals surface area contributed by atoms with Gasteiger partial charge in [-0.2, -0.15) is 0 Å². The first-order chi connectivity index (χ1) is 16.6. The highest BCUT2D eigenvalue weighted by atomic mass is 15.1. The average molecular weight is 455 g/mol. The third kappa shape index (κ3) is 4.24. The van der Waals surface area contributed by atoms with E-state index in [2.05, 4.69) is 117 Å². The van der Waals surface area contributed by atoms with Crippen LogP contribution >= 0.6 is 0 Å². The Morgan fingerprint density at radius 3 is 1.82 bits per heavy atom. The Morgan fingerprint density at radius 2 is 1.24 bits per heavy atom. The quantitative estimate of drug-likeness (QED) is 0.393. The van der Waals surface area contributed by atoms with Crippen LogP contribution in [0.2, 0.25) is 0 Å². The highest BCUT2D eigenvalue weighted by Crippen LogP contribution is 2.47. The summed E-state index contributed by atoms with van der Waals surface area (Å²) in [7, 11) is 0. The highest BCUT2D eigenvalue weighted by molar-refractivity contribution is 6.18. The first-order valence-corrected chi connectivity index (χ1v) is 13.1. The predicted molar refractivity (Wildman–Crippen MR) is 149 cm³/mol. The van der Waals surface area contributed by atoms with Crippen LogP contribution in [0.4, 0.5) is 11.4 Å². The largest absolute Gasteiger partial charge is 0.372 e. The number of fused-ring (bicyclic) bond motifs is 3. The van der Waals surface area contributed by atoms with Gasteiger partial charge in [-0.15, -0.1) is 0 Å². The summed E-state index contributed by atoms with van der Waals surface area (Å²) in [6.45, 7) is 19.5. The normalized spacial score (nSPS) is 14.2. The van der Waals surface area contributed by atoms with Gasteiger partial charge in [0.2, 0.25) is 5.71 Å². The Balaban J connectivity index is 1.88. The number of hydrogen-bond acceptors (Lipinski definition) is 2. The molecule has 0 saturated heterocycles. The Bertz CT molecular complexity index is 1150. The molecular formula is C31H40N3+. The number of anilines is 2. The number of benzene rings is 2. The number of rotatable bonds is 9. The molecule has 0 aliphatic heterocycles. The van der Waals surface area contributed by atoms with Crippen LogP contribution in [0, 0.1) is 0 Å². The minimum Gasteiger partial charge on any atom is -0.372 e. The van der Waals surface area contributed by atoms with Crippen LogP contribution in [-0.4, -0.2) is 49.6 Å². The number of nitrogens with zero attached hydrogens (tertiary/aromatic N) is 3. The Kier molecular flexibility index (Phi) is 7.41. The van der Waals surface area contributed by atoms with Gasteiger partial charge < -0.3 is 9.80 Å². The van der Waals surface area contributed by atoms with Crippen molar-refractivity contribution in [2.75, 3.05) is 49.1 Å². The van der Waals surface area contributed by atoms with Crippen molar-refractivity contribution >= 4 is 28.2 Å². The molecule has 0 fully saturated rings. The first-order valence-electron chi connectivity index (χ1n) is 13.1. The van der Waals surface area contributed by atoms with Crippen molar-refractivity contribution in [2.45, 2.75) is 41.5 Å². The van der Waals surface area contributed by atoms with E-state index < -0.39 is 0 Å². The smallest absolute Gasteiger partial charge is 0.200 e. The molecule has 0 aromatic heterocycles. The van der Waals surface area contributed by atoms with Gasteiger partial charge in [-0.3, -0.25) is 0 Å². The lowest BCUT2D eigenvalue weighted by Crippen LogP contribution is -2.22. The zero-order valence-corrected chi connectivity index (χ0v) is 21.9. The fourth-order valence-electron chi connectivity index (χ4n) is 5.40. The second-order valence-electron chi connectivity index (χ2n) is 8.90. The summed E-state index contributed by atoms with van der Waals surface area (Å²) < 4.78 is 2.44. The van der Waals surface area contributed by atoms with Crippen LogP contribution in [0.15, 0.2) is 66.3 Å². The molecule has 0 heterocycles. The van der Waals surface area contributed by atoms with E-state index in [0.717, 1.165) is 39.3 Å². The van der Waals surface area contributed by atoms with E-state index in [0.29, 0.717) is 0 Å². The standard InChI is InChI=1S/C31H40N3/c1-7-32(8-2)24-15-13-23(14-16-24)31-27-19-17-25(33(9-3)10-4)21-29(27)30-22-26(18-20-28(30)31)34(11-5)12-6/h13-22H,7-12H2,1-6H3/q+1. The third-order valence-corrected chi connectivity index (χ3v) is 7.38. The highest BCUT2D eigenvalue weighted by Gasteiger charge is 2.30. The van der Waals surface area contributed by atoms with E-state index in [9.17, 15) is 0 Å². The van der Waals surface area contributed by atoms with Gasteiger partial charge in [0.1, 0.15) is 13.1 Å². The molecule has 0 radical (unpaired) electrons. The van der Waals surface area contributed by atoms with Gasteiger partial charge in [0.15, 0.2) is 0 Å². The number of allylic oxidation sites excluding steroid dienone is 5. The van der Waals surface area contributed by atoms with Crippen LogP contribution in [0.5, 0.6) is 0 Å². The summed E-state index contributed by atoms with van der Waals surface area (Å²) in [5.74, 6) is 0. The molecule has 2 aliphatic rings. The summed E-state index contributed by atoms with van der Waals surface area (Å²) in [5, 5.41) is 0. The third-order valence-electron chi connectivity index (χ3n) is 7.38. The fourth-order valence-corrected chi connectivity index (χ4v) is 5.40. The van der Waals surface area contributed by atoms with Gasteiger partial charge in [-0.05, 0) is 105 Å². The molecule has 0 amide bonds. The molecule has 0 N–H and O–H groups in total. The zero-order valence-electron chi connectivity index (χ0n) is 21.9. The van der Waals surface area contributed by atoms with Gasteiger partial charge >= 0.3 is 0 Å².